The molecule has 15 heavy (non-hydrogen) atoms. The summed E-state index contributed by atoms with van der Waals surface area (Å²) < 4.78 is 0. The smallest absolute Gasteiger partial charge is 0.0528 e. The summed E-state index contributed by atoms with van der Waals surface area (Å²) in [5, 5.41) is 9.64. The fourth-order valence-corrected chi connectivity index (χ4v) is 3.61. The Morgan fingerprint density at radius 1 is 1.07 bits per heavy atom. The highest BCUT2D eigenvalue weighted by Crippen LogP contribution is 2.64. The Hall–Kier alpha value is -0.820. The zero-order valence-corrected chi connectivity index (χ0v) is 9.08. The van der Waals surface area contributed by atoms with Crippen LogP contribution in [0.2, 0.25) is 0 Å². The van der Waals surface area contributed by atoms with E-state index in [1.165, 1.54) is 37.7 Å². The summed E-state index contributed by atoms with van der Waals surface area (Å²) in [6.45, 7) is 0.318. The van der Waals surface area contributed by atoms with Gasteiger partial charge in [0.05, 0.1) is 6.61 Å². The molecule has 1 nitrogen and oxygen atoms in total. The lowest BCUT2D eigenvalue weighted by Crippen LogP contribution is -2.55. The van der Waals surface area contributed by atoms with Crippen LogP contribution in [0.5, 0.6) is 0 Å². The van der Waals surface area contributed by atoms with Crippen molar-refractivity contribution >= 4 is 0 Å². The molecule has 0 aromatic heterocycles. The fraction of sp³-hybridized carbons (Fsp3) is 0.571. The molecule has 0 unspecified atom stereocenters. The van der Waals surface area contributed by atoms with Crippen molar-refractivity contribution in [1.82, 2.24) is 0 Å². The minimum atomic E-state index is 0.0989. The molecule has 0 radical (unpaired) electrons. The van der Waals surface area contributed by atoms with Crippen LogP contribution >= 0.6 is 0 Å². The van der Waals surface area contributed by atoms with Gasteiger partial charge in [-0.15, -0.1) is 0 Å². The fourth-order valence-electron chi connectivity index (χ4n) is 3.61. The zero-order valence-electron chi connectivity index (χ0n) is 9.08. The molecule has 1 heteroatoms. The molecular weight excluding hydrogens is 184 g/mol. The minimum absolute atomic E-state index is 0.0989. The molecule has 2 aliphatic rings. The molecule has 0 heterocycles. The maximum atomic E-state index is 9.64. The highest BCUT2D eigenvalue weighted by atomic mass is 16.3. The molecular formula is C14H18O. The highest BCUT2D eigenvalue weighted by Gasteiger charge is 2.57. The van der Waals surface area contributed by atoms with E-state index in [0.717, 1.165) is 0 Å². The third kappa shape index (κ3) is 1.26. The van der Waals surface area contributed by atoms with Crippen molar-refractivity contribution in [2.75, 3.05) is 6.61 Å². The van der Waals surface area contributed by atoms with E-state index in [4.69, 9.17) is 0 Å². The van der Waals surface area contributed by atoms with Crippen molar-refractivity contribution in [3.05, 3.63) is 35.9 Å². The van der Waals surface area contributed by atoms with Gasteiger partial charge in [-0.25, -0.2) is 0 Å². The standard InChI is InChI=1S/C14H18O/c15-11-14(12-5-2-1-3-6-12)9-13(10-14)7-4-8-13/h1-3,5-6,15H,4,7-11H2. The van der Waals surface area contributed by atoms with Gasteiger partial charge in [-0.3, -0.25) is 0 Å². The van der Waals surface area contributed by atoms with E-state index < -0.39 is 0 Å². The number of aliphatic hydroxyl groups is 1. The van der Waals surface area contributed by atoms with Crippen molar-refractivity contribution < 1.29 is 5.11 Å². The summed E-state index contributed by atoms with van der Waals surface area (Å²) in [6, 6.07) is 10.5. The van der Waals surface area contributed by atoms with Gasteiger partial charge in [0.2, 0.25) is 0 Å². The van der Waals surface area contributed by atoms with E-state index in [1.54, 1.807) is 0 Å². The molecule has 0 bridgehead atoms. The van der Waals surface area contributed by atoms with E-state index >= 15 is 0 Å². The predicted octanol–water partition coefficient (Wildman–Crippen LogP) is 2.88. The second kappa shape index (κ2) is 3.08. The van der Waals surface area contributed by atoms with Crippen LogP contribution in [-0.2, 0) is 5.41 Å². The van der Waals surface area contributed by atoms with Gasteiger partial charge >= 0.3 is 0 Å². The molecule has 1 aromatic rings. The van der Waals surface area contributed by atoms with Crippen LogP contribution in [0.15, 0.2) is 30.3 Å². The van der Waals surface area contributed by atoms with Gasteiger partial charge in [0.15, 0.2) is 0 Å². The van der Waals surface area contributed by atoms with Crippen LogP contribution < -0.4 is 0 Å². The first-order valence-electron chi connectivity index (χ1n) is 5.95. The first-order chi connectivity index (χ1) is 7.29. The van der Waals surface area contributed by atoms with E-state index in [2.05, 4.69) is 24.3 Å². The number of hydrogen-bond donors (Lipinski definition) is 1. The predicted molar refractivity (Wildman–Crippen MR) is 60.7 cm³/mol. The SMILES string of the molecule is OCC1(c2ccccc2)CC2(CCC2)C1. The van der Waals surface area contributed by atoms with Crippen molar-refractivity contribution in [3.63, 3.8) is 0 Å². The number of aliphatic hydroxyl groups excluding tert-OH is 1. The Bertz CT molecular complexity index is 343. The van der Waals surface area contributed by atoms with Crippen LogP contribution in [0, 0.1) is 5.41 Å². The van der Waals surface area contributed by atoms with Gasteiger partial charge in [0.1, 0.15) is 0 Å². The van der Waals surface area contributed by atoms with E-state index in [9.17, 15) is 5.11 Å². The monoisotopic (exact) mass is 202 g/mol. The molecule has 1 N–H and O–H groups in total. The van der Waals surface area contributed by atoms with Crippen LogP contribution in [0.25, 0.3) is 0 Å². The highest BCUT2D eigenvalue weighted by molar-refractivity contribution is 5.31. The van der Waals surface area contributed by atoms with Gasteiger partial charge in [0, 0.05) is 5.41 Å². The Balaban J connectivity index is 1.84. The Morgan fingerprint density at radius 2 is 1.73 bits per heavy atom. The third-order valence-electron chi connectivity index (χ3n) is 4.53. The van der Waals surface area contributed by atoms with Crippen LogP contribution in [0.1, 0.15) is 37.7 Å². The molecule has 0 aliphatic heterocycles. The normalized spacial score (nSPS) is 25.7. The second-order valence-corrected chi connectivity index (χ2v) is 5.51. The summed E-state index contributed by atoms with van der Waals surface area (Å²) in [7, 11) is 0. The first-order valence-corrected chi connectivity index (χ1v) is 5.95. The summed E-state index contributed by atoms with van der Waals surface area (Å²) in [5.74, 6) is 0. The number of hydrogen-bond acceptors (Lipinski definition) is 1. The Morgan fingerprint density at radius 3 is 2.20 bits per heavy atom. The van der Waals surface area contributed by atoms with E-state index in [0.29, 0.717) is 12.0 Å². The summed E-state index contributed by atoms with van der Waals surface area (Å²) >= 11 is 0. The number of benzene rings is 1. The minimum Gasteiger partial charge on any atom is -0.395 e. The third-order valence-corrected chi connectivity index (χ3v) is 4.53. The lowest BCUT2D eigenvalue weighted by Gasteiger charge is -2.61. The largest absolute Gasteiger partial charge is 0.395 e. The van der Waals surface area contributed by atoms with Crippen LogP contribution in [-0.4, -0.2) is 11.7 Å². The molecule has 2 saturated carbocycles. The molecule has 3 rings (SSSR count). The average Bonchev–Trinajstić information content (AvgIpc) is 2.17. The number of rotatable bonds is 2. The van der Waals surface area contributed by atoms with Crippen molar-refractivity contribution in [2.45, 2.75) is 37.5 Å². The molecule has 0 amide bonds. The van der Waals surface area contributed by atoms with Gasteiger partial charge in [0.25, 0.3) is 0 Å². The average molecular weight is 202 g/mol. The Labute approximate surface area is 91.1 Å². The maximum absolute atomic E-state index is 9.64. The molecule has 80 valence electrons. The first kappa shape index (κ1) is 9.41. The molecule has 0 saturated heterocycles. The van der Waals surface area contributed by atoms with Crippen molar-refractivity contribution in [1.29, 1.82) is 0 Å². The molecule has 2 fully saturated rings. The van der Waals surface area contributed by atoms with Gasteiger partial charge in [-0.05, 0) is 36.7 Å². The second-order valence-electron chi connectivity index (χ2n) is 5.51. The van der Waals surface area contributed by atoms with E-state index in [1.807, 2.05) is 6.07 Å². The molecule has 2 aliphatic carbocycles. The molecule has 1 spiro atoms. The Kier molecular flexibility index (Phi) is 1.93. The lowest BCUT2D eigenvalue weighted by molar-refractivity contribution is -0.0719. The molecule has 1 aromatic carbocycles. The van der Waals surface area contributed by atoms with Crippen molar-refractivity contribution in [3.8, 4) is 0 Å². The van der Waals surface area contributed by atoms with Gasteiger partial charge < -0.3 is 5.11 Å². The maximum Gasteiger partial charge on any atom is 0.0528 e. The zero-order chi connectivity index (χ0) is 10.4. The van der Waals surface area contributed by atoms with Crippen LogP contribution in [0.3, 0.4) is 0 Å². The van der Waals surface area contributed by atoms with Gasteiger partial charge in [-0.2, -0.15) is 0 Å². The summed E-state index contributed by atoms with van der Waals surface area (Å²) in [5.41, 5.74) is 2.06. The van der Waals surface area contributed by atoms with Crippen LogP contribution in [0.4, 0.5) is 0 Å². The summed E-state index contributed by atoms with van der Waals surface area (Å²) in [4.78, 5) is 0. The summed E-state index contributed by atoms with van der Waals surface area (Å²) in [6.07, 6.45) is 6.60. The topological polar surface area (TPSA) is 20.2 Å². The lowest BCUT2D eigenvalue weighted by atomic mass is 9.44. The molecule has 0 atom stereocenters. The van der Waals surface area contributed by atoms with Crippen molar-refractivity contribution in [2.24, 2.45) is 5.41 Å². The van der Waals surface area contributed by atoms with E-state index in [-0.39, 0.29) is 5.41 Å². The van der Waals surface area contributed by atoms with Gasteiger partial charge in [-0.1, -0.05) is 36.8 Å². The quantitative estimate of drug-likeness (QED) is 0.782.